The monoisotopic (exact) mass is 327 g/mol. The Hall–Kier alpha value is -2.44. The summed E-state index contributed by atoms with van der Waals surface area (Å²) in [5, 5.41) is 8.40. The van der Waals surface area contributed by atoms with Crippen LogP contribution in [0.3, 0.4) is 0 Å². The molecule has 0 saturated heterocycles. The molecule has 0 bridgehead atoms. The molecule has 1 aliphatic carbocycles. The average molecular weight is 327 g/mol. The van der Waals surface area contributed by atoms with E-state index in [0.29, 0.717) is 17.2 Å². The van der Waals surface area contributed by atoms with Crippen LogP contribution in [0.1, 0.15) is 55.8 Å². The van der Waals surface area contributed by atoms with Crippen LogP contribution in [0, 0.1) is 19.8 Å². The zero-order valence-electron chi connectivity index (χ0n) is 14.2. The van der Waals surface area contributed by atoms with Gasteiger partial charge in [-0.05, 0) is 33.6 Å². The molecule has 0 radical (unpaired) electrons. The molecule has 1 aliphatic rings. The second-order valence-electron chi connectivity index (χ2n) is 6.66. The fraction of sp³-hybridized carbons (Fsp3) is 0.529. The van der Waals surface area contributed by atoms with E-state index in [-0.39, 0.29) is 17.9 Å². The second-order valence-corrected chi connectivity index (χ2v) is 6.66. The van der Waals surface area contributed by atoms with Gasteiger partial charge in [0.15, 0.2) is 11.5 Å². The Labute approximate surface area is 139 Å². The topological polar surface area (TPSA) is 85.3 Å². The number of nitrogens with zero attached hydrogens (tertiary/aromatic N) is 4. The van der Waals surface area contributed by atoms with Crippen molar-refractivity contribution in [2.75, 3.05) is 0 Å². The summed E-state index contributed by atoms with van der Waals surface area (Å²) >= 11 is 0. The molecule has 3 aromatic heterocycles. The summed E-state index contributed by atoms with van der Waals surface area (Å²) in [6, 6.07) is -0.235. The summed E-state index contributed by atoms with van der Waals surface area (Å²) < 4.78 is 7.30. The van der Waals surface area contributed by atoms with Crippen molar-refractivity contribution in [3.05, 3.63) is 23.5 Å². The van der Waals surface area contributed by atoms with Gasteiger partial charge in [0.25, 0.3) is 0 Å². The number of fused-ring (bicyclic) bond motifs is 3. The first-order valence-corrected chi connectivity index (χ1v) is 8.46. The van der Waals surface area contributed by atoms with Crippen LogP contribution in [-0.2, 0) is 4.79 Å². The molecule has 7 heteroatoms. The lowest BCUT2D eigenvalue weighted by molar-refractivity contribution is -0.125. The Balaban J connectivity index is 1.66. The molecular weight excluding hydrogens is 306 g/mol. The van der Waals surface area contributed by atoms with E-state index in [9.17, 15) is 4.79 Å². The van der Waals surface area contributed by atoms with E-state index in [1.165, 1.54) is 0 Å². The normalized spacial score (nSPS) is 17.0. The molecule has 0 unspecified atom stereocenters. The molecule has 1 N–H and O–H groups in total. The van der Waals surface area contributed by atoms with Crippen LogP contribution in [0.4, 0.5) is 0 Å². The molecular formula is C17H21N5O2. The maximum absolute atomic E-state index is 12.3. The maximum Gasteiger partial charge on any atom is 0.231 e. The van der Waals surface area contributed by atoms with Crippen LogP contribution in [0.2, 0.25) is 0 Å². The Morgan fingerprint density at radius 2 is 2.12 bits per heavy atom. The van der Waals surface area contributed by atoms with Gasteiger partial charge in [0.1, 0.15) is 12.1 Å². The van der Waals surface area contributed by atoms with Crippen molar-refractivity contribution < 1.29 is 9.21 Å². The summed E-state index contributed by atoms with van der Waals surface area (Å²) in [4.78, 5) is 21.2. The fourth-order valence-electron chi connectivity index (χ4n) is 3.43. The van der Waals surface area contributed by atoms with Gasteiger partial charge >= 0.3 is 0 Å². The van der Waals surface area contributed by atoms with Crippen LogP contribution >= 0.6 is 0 Å². The third kappa shape index (κ3) is 2.35. The minimum absolute atomic E-state index is 0.109. The first-order valence-electron chi connectivity index (χ1n) is 8.46. The van der Waals surface area contributed by atoms with Crippen molar-refractivity contribution in [3.63, 3.8) is 0 Å². The number of hydrogen-bond acceptors (Lipinski definition) is 5. The average Bonchev–Trinajstić information content (AvgIpc) is 3.27. The van der Waals surface area contributed by atoms with Crippen molar-refractivity contribution in [1.29, 1.82) is 0 Å². The smallest absolute Gasteiger partial charge is 0.231 e. The zero-order valence-corrected chi connectivity index (χ0v) is 14.2. The number of carbonyl (C=O) groups excluding carboxylic acids is 1. The van der Waals surface area contributed by atoms with Crippen LogP contribution < -0.4 is 5.32 Å². The zero-order chi connectivity index (χ0) is 16.8. The number of aromatic nitrogens is 4. The lowest BCUT2D eigenvalue weighted by Gasteiger charge is -2.14. The van der Waals surface area contributed by atoms with E-state index in [4.69, 9.17) is 4.42 Å². The predicted molar refractivity (Wildman–Crippen MR) is 88.5 cm³/mol. The molecule has 3 heterocycles. The lowest BCUT2D eigenvalue weighted by Crippen LogP contribution is -2.32. The molecule has 1 saturated carbocycles. The Kier molecular flexibility index (Phi) is 3.51. The number of carbonyl (C=O) groups is 1. The summed E-state index contributed by atoms with van der Waals surface area (Å²) in [5.41, 5.74) is 2.30. The first-order chi connectivity index (χ1) is 11.5. The molecule has 1 amide bonds. The highest BCUT2D eigenvalue weighted by Gasteiger charge is 2.25. The van der Waals surface area contributed by atoms with Gasteiger partial charge in [-0.2, -0.15) is 0 Å². The van der Waals surface area contributed by atoms with Gasteiger partial charge in [-0.15, -0.1) is 5.10 Å². The van der Waals surface area contributed by atoms with Crippen LogP contribution in [0.25, 0.3) is 16.7 Å². The van der Waals surface area contributed by atoms with Gasteiger partial charge in [-0.1, -0.05) is 12.8 Å². The standard InChI is InChI=1S/C17H21N5O2/c1-9-11(3)24-17-13(9)15-20-14(21-22(15)8-18-17)10(2)19-16(23)12-6-4-5-7-12/h8,10,12H,4-7H2,1-3H3,(H,19,23)/t10-/m1/s1. The van der Waals surface area contributed by atoms with Gasteiger partial charge in [0.2, 0.25) is 11.6 Å². The Morgan fingerprint density at radius 3 is 2.88 bits per heavy atom. The minimum atomic E-state index is -0.235. The molecule has 0 spiro atoms. The van der Waals surface area contributed by atoms with Gasteiger partial charge in [-0.3, -0.25) is 4.79 Å². The minimum Gasteiger partial charge on any atom is -0.443 e. The quantitative estimate of drug-likeness (QED) is 0.799. The van der Waals surface area contributed by atoms with Gasteiger partial charge in [-0.25, -0.2) is 14.5 Å². The molecule has 3 aromatic rings. The van der Waals surface area contributed by atoms with Crippen LogP contribution in [0.5, 0.6) is 0 Å². The molecule has 1 atom stereocenters. The number of hydrogen-bond donors (Lipinski definition) is 1. The van der Waals surface area contributed by atoms with E-state index >= 15 is 0 Å². The summed E-state index contributed by atoms with van der Waals surface area (Å²) in [6.45, 7) is 5.82. The predicted octanol–water partition coefficient (Wildman–Crippen LogP) is 2.85. The largest absolute Gasteiger partial charge is 0.443 e. The van der Waals surface area contributed by atoms with E-state index < -0.39 is 0 Å². The molecule has 1 fully saturated rings. The Bertz CT molecular complexity index is 920. The van der Waals surface area contributed by atoms with Crippen LogP contribution in [-0.4, -0.2) is 25.5 Å². The van der Waals surface area contributed by atoms with E-state index in [1.54, 1.807) is 10.8 Å². The van der Waals surface area contributed by atoms with E-state index in [1.807, 2.05) is 20.8 Å². The van der Waals surface area contributed by atoms with E-state index in [2.05, 4.69) is 20.4 Å². The summed E-state index contributed by atoms with van der Waals surface area (Å²) in [7, 11) is 0. The van der Waals surface area contributed by atoms with Gasteiger partial charge < -0.3 is 9.73 Å². The molecule has 0 aromatic carbocycles. The maximum atomic E-state index is 12.3. The SMILES string of the molecule is Cc1oc2ncn3nc([C@@H](C)NC(=O)C4CCCC4)nc3c2c1C. The highest BCUT2D eigenvalue weighted by molar-refractivity contribution is 5.91. The summed E-state index contributed by atoms with van der Waals surface area (Å²) in [6.07, 6.45) is 5.84. The number of amides is 1. The van der Waals surface area contributed by atoms with Crippen molar-refractivity contribution >= 4 is 22.7 Å². The molecule has 126 valence electrons. The number of aryl methyl sites for hydroxylation is 2. The van der Waals surface area contributed by atoms with Crippen molar-refractivity contribution in [2.45, 2.75) is 52.5 Å². The van der Waals surface area contributed by atoms with E-state index in [0.717, 1.165) is 42.4 Å². The van der Waals surface area contributed by atoms with Gasteiger partial charge in [0.05, 0.1) is 11.4 Å². The molecule has 4 rings (SSSR count). The number of furan rings is 1. The fourth-order valence-corrected chi connectivity index (χ4v) is 3.43. The Morgan fingerprint density at radius 1 is 1.38 bits per heavy atom. The van der Waals surface area contributed by atoms with Crippen LogP contribution in [0.15, 0.2) is 10.7 Å². The second kappa shape index (κ2) is 5.58. The first kappa shape index (κ1) is 15.1. The van der Waals surface area contributed by atoms with Crippen molar-refractivity contribution in [3.8, 4) is 0 Å². The van der Waals surface area contributed by atoms with Gasteiger partial charge in [0, 0.05) is 11.5 Å². The third-order valence-electron chi connectivity index (χ3n) is 4.99. The molecule has 24 heavy (non-hydrogen) atoms. The molecule has 0 aliphatic heterocycles. The summed E-state index contributed by atoms with van der Waals surface area (Å²) in [5.74, 6) is 1.67. The van der Waals surface area contributed by atoms with Crippen molar-refractivity contribution in [2.24, 2.45) is 5.92 Å². The third-order valence-corrected chi connectivity index (χ3v) is 4.99. The highest BCUT2D eigenvalue weighted by atomic mass is 16.3. The highest BCUT2D eigenvalue weighted by Crippen LogP contribution is 2.27. The lowest BCUT2D eigenvalue weighted by atomic mass is 10.1. The van der Waals surface area contributed by atoms with Crippen molar-refractivity contribution in [1.82, 2.24) is 24.9 Å². The number of rotatable bonds is 3. The molecule has 7 nitrogen and oxygen atoms in total. The number of nitrogens with one attached hydrogen (secondary N) is 1.